The lowest BCUT2D eigenvalue weighted by atomic mass is 10.1. The Bertz CT molecular complexity index is 878. The van der Waals surface area contributed by atoms with Crippen LogP contribution in [-0.4, -0.2) is 24.3 Å². The van der Waals surface area contributed by atoms with Gasteiger partial charge in [0.25, 0.3) is 0 Å². The number of hydrogen-bond donors (Lipinski definition) is 1. The molecule has 0 heterocycles. The Morgan fingerprint density at radius 2 is 1.85 bits per heavy atom. The van der Waals surface area contributed by atoms with Crippen LogP contribution in [0.5, 0.6) is 0 Å². The predicted molar refractivity (Wildman–Crippen MR) is 99.7 cm³/mol. The van der Waals surface area contributed by atoms with Crippen LogP contribution in [0.25, 0.3) is 6.08 Å². The van der Waals surface area contributed by atoms with Gasteiger partial charge in [-0.2, -0.15) is 0 Å². The number of amides is 1. The molecule has 5 nitrogen and oxygen atoms in total. The summed E-state index contributed by atoms with van der Waals surface area (Å²) in [5.41, 5.74) is 1.77. The van der Waals surface area contributed by atoms with Crippen LogP contribution in [0.1, 0.15) is 28.4 Å². The maximum atomic E-state index is 13.1. The van der Waals surface area contributed by atoms with E-state index in [1.807, 2.05) is 0 Å². The monoisotopic (exact) mass is 389 g/mol. The number of ketones is 1. The molecule has 0 aliphatic rings. The van der Waals surface area contributed by atoms with Gasteiger partial charge in [-0.05, 0) is 29.3 Å². The number of hydrogen-bond acceptors (Lipinski definition) is 4. The minimum atomic E-state index is -0.703. The lowest BCUT2D eigenvalue weighted by Crippen LogP contribution is -2.19. The van der Waals surface area contributed by atoms with Crippen LogP contribution in [-0.2, 0) is 20.9 Å². The zero-order chi connectivity index (χ0) is 19.8. The highest BCUT2D eigenvalue weighted by Gasteiger charge is 2.09. The van der Waals surface area contributed by atoms with Crippen LogP contribution < -0.4 is 5.32 Å². The number of nitrogens with one attached hydrogen (secondary N) is 1. The van der Waals surface area contributed by atoms with E-state index in [0.29, 0.717) is 17.7 Å². The van der Waals surface area contributed by atoms with E-state index in [-0.39, 0.29) is 16.7 Å². The third kappa shape index (κ3) is 6.67. The van der Waals surface area contributed by atoms with Crippen LogP contribution in [0.3, 0.4) is 0 Å². The molecular formula is C20H17ClFNO4. The normalized spacial score (nSPS) is 10.6. The highest BCUT2D eigenvalue weighted by Crippen LogP contribution is 2.16. The highest BCUT2D eigenvalue weighted by atomic mass is 35.5. The fourth-order valence-electron chi connectivity index (χ4n) is 2.08. The van der Waals surface area contributed by atoms with Gasteiger partial charge >= 0.3 is 5.97 Å². The number of Topliss-reactive ketones (excluding diaryl/α,β-unsaturated/α-hetero) is 1. The molecule has 0 aliphatic carbocycles. The first-order valence-corrected chi connectivity index (χ1v) is 8.39. The van der Waals surface area contributed by atoms with Gasteiger partial charge in [0, 0.05) is 25.1 Å². The highest BCUT2D eigenvalue weighted by molar-refractivity contribution is 6.30. The number of benzene rings is 2. The summed E-state index contributed by atoms with van der Waals surface area (Å²) in [6.45, 7) is 1.39. The average Bonchev–Trinajstić information content (AvgIpc) is 2.65. The molecule has 2 aromatic rings. The van der Waals surface area contributed by atoms with Crippen molar-refractivity contribution in [1.29, 1.82) is 0 Å². The van der Waals surface area contributed by atoms with Gasteiger partial charge in [0.05, 0.1) is 5.02 Å². The lowest BCUT2D eigenvalue weighted by molar-refractivity contribution is -0.136. The third-order valence-corrected chi connectivity index (χ3v) is 3.81. The first-order chi connectivity index (χ1) is 12.8. The largest absolute Gasteiger partial charge is 0.454 e. The second-order valence-electron chi connectivity index (χ2n) is 5.64. The molecule has 0 radical (unpaired) electrons. The molecule has 27 heavy (non-hydrogen) atoms. The van der Waals surface area contributed by atoms with Gasteiger partial charge < -0.3 is 10.1 Å². The molecule has 2 aromatic carbocycles. The van der Waals surface area contributed by atoms with E-state index >= 15 is 0 Å². The Morgan fingerprint density at radius 1 is 1.15 bits per heavy atom. The van der Waals surface area contributed by atoms with Gasteiger partial charge in [0.2, 0.25) is 5.91 Å². The zero-order valence-electron chi connectivity index (χ0n) is 14.5. The van der Waals surface area contributed by atoms with E-state index in [4.69, 9.17) is 16.3 Å². The Kier molecular flexibility index (Phi) is 7.25. The molecule has 7 heteroatoms. The van der Waals surface area contributed by atoms with Gasteiger partial charge in [-0.25, -0.2) is 9.18 Å². The first kappa shape index (κ1) is 20.3. The summed E-state index contributed by atoms with van der Waals surface area (Å²) in [4.78, 5) is 34.6. The van der Waals surface area contributed by atoms with Gasteiger partial charge in [0.15, 0.2) is 12.4 Å². The predicted octanol–water partition coefficient (Wildman–Crippen LogP) is 3.55. The maximum Gasteiger partial charge on any atom is 0.331 e. The minimum absolute atomic E-state index is 0.0531. The van der Waals surface area contributed by atoms with Gasteiger partial charge in [-0.1, -0.05) is 41.9 Å². The zero-order valence-corrected chi connectivity index (χ0v) is 15.3. The SMILES string of the molecule is CC(=O)NCc1ccc(C(=O)COC(=O)/C=C/c2ccc(F)c(Cl)c2)cc1. The van der Waals surface area contributed by atoms with Crippen LogP contribution in [0, 0.1) is 5.82 Å². The molecule has 0 atom stereocenters. The second-order valence-corrected chi connectivity index (χ2v) is 6.05. The Hall–Kier alpha value is -2.99. The number of halogens is 2. The van der Waals surface area contributed by atoms with Crippen molar-refractivity contribution in [2.45, 2.75) is 13.5 Å². The molecule has 0 aliphatic heterocycles. The lowest BCUT2D eigenvalue weighted by Gasteiger charge is -2.05. The van der Waals surface area contributed by atoms with Gasteiger partial charge in [-0.3, -0.25) is 9.59 Å². The van der Waals surface area contributed by atoms with Crippen molar-refractivity contribution < 1.29 is 23.5 Å². The van der Waals surface area contributed by atoms with Crippen molar-refractivity contribution in [3.8, 4) is 0 Å². The first-order valence-electron chi connectivity index (χ1n) is 8.01. The smallest absolute Gasteiger partial charge is 0.331 e. The molecular weight excluding hydrogens is 373 g/mol. The van der Waals surface area contributed by atoms with Gasteiger partial charge in [0.1, 0.15) is 5.82 Å². The summed E-state index contributed by atoms with van der Waals surface area (Å²) < 4.78 is 18.0. The number of ether oxygens (including phenoxy) is 1. The molecule has 2 rings (SSSR count). The van der Waals surface area contributed by atoms with Crippen molar-refractivity contribution in [1.82, 2.24) is 5.32 Å². The van der Waals surface area contributed by atoms with Crippen molar-refractivity contribution in [2.24, 2.45) is 0 Å². The van der Waals surface area contributed by atoms with E-state index in [9.17, 15) is 18.8 Å². The number of rotatable bonds is 7. The number of esters is 1. The third-order valence-electron chi connectivity index (χ3n) is 3.52. The van der Waals surface area contributed by atoms with Crippen LogP contribution >= 0.6 is 11.6 Å². The average molecular weight is 390 g/mol. The van der Waals surface area contributed by atoms with E-state index in [1.54, 1.807) is 24.3 Å². The van der Waals surface area contributed by atoms with E-state index in [0.717, 1.165) is 11.6 Å². The summed E-state index contributed by atoms with van der Waals surface area (Å²) in [5.74, 6) is -1.75. The summed E-state index contributed by atoms with van der Waals surface area (Å²) >= 11 is 5.66. The molecule has 0 unspecified atom stereocenters. The van der Waals surface area contributed by atoms with Crippen molar-refractivity contribution in [2.75, 3.05) is 6.61 Å². The summed E-state index contributed by atoms with van der Waals surface area (Å²) in [6, 6.07) is 10.6. The second kappa shape index (κ2) is 9.64. The van der Waals surface area contributed by atoms with Gasteiger partial charge in [-0.15, -0.1) is 0 Å². The molecule has 0 fully saturated rings. The fourth-order valence-corrected chi connectivity index (χ4v) is 2.27. The standard InChI is InChI=1S/C20H17ClFNO4/c1-13(24)23-11-15-2-6-16(7-3-15)19(25)12-27-20(26)9-5-14-4-8-18(22)17(21)10-14/h2-10H,11-12H2,1H3,(H,23,24)/b9-5+. The molecule has 1 N–H and O–H groups in total. The molecule has 0 aromatic heterocycles. The molecule has 0 saturated heterocycles. The fraction of sp³-hybridized carbons (Fsp3) is 0.150. The van der Waals surface area contributed by atoms with E-state index in [2.05, 4.69) is 5.32 Å². The summed E-state index contributed by atoms with van der Waals surface area (Å²) in [6.07, 6.45) is 2.54. The molecule has 0 spiro atoms. The van der Waals surface area contributed by atoms with Crippen molar-refractivity contribution in [3.05, 3.63) is 76.1 Å². The quantitative estimate of drug-likeness (QED) is 0.446. The Morgan fingerprint density at radius 3 is 2.48 bits per heavy atom. The van der Waals surface area contributed by atoms with Crippen LogP contribution in [0.15, 0.2) is 48.5 Å². The van der Waals surface area contributed by atoms with E-state index in [1.165, 1.54) is 31.2 Å². The number of carbonyl (C=O) groups is 3. The van der Waals surface area contributed by atoms with Crippen molar-refractivity contribution in [3.63, 3.8) is 0 Å². The minimum Gasteiger partial charge on any atom is -0.454 e. The molecule has 1 amide bonds. The van der Waals surface area contributed by atoms with Crippen LogP contribution in [0.4, 0.5) is 4.39 Å². The Balaban J connectivity index is 1.85. The van der Waals surface area contributed by atoms with Crippen molar-refractivity contribution >= 4 is 35.3 Å². The molecule has 140 valence electrons. The summed E-state index contributed by atoms with van der Waals surface area (Å²) in [5, 5.41) is 2.60. The topological polar surface area (TPSA) is 72.5 Å². The molecule has 0 bridgehead atoms. The molecule has 0 saturated carbocycles. The van der Waals surface area contributed by atoms with E-state index < -0.39 is 18.4 Å². The number of carbonyl (C=O) groups excluding carboxylic acids is 3. The summed E-state index contributed by atoms with van der Waals surface area (Å²) in [7, 11) is 0. The Labute approximate surface area is 160 Å². The maximum absolute atomic E-state index is 13.1. The van der Waals surface area contributed by atoms with Crippen LogP contribution in [0.2, 0.25) is 5.02 Å².